The number of carbonyl (C=O) groups is 1. The van der Waals surface area contributed by atoms with E-state index in [-0.39, 0.29) is 17.6 Å². The second kappa shape index (κ2) is 7.93. The number of likely N-dealkylation sites (tertiary alicyclic amines) is 1. The van der Waals surface area contributed by atoms with Gasteiger partial charge in [-0.25, -0.2) is 0 Å². The first-order valence-electron chi connectivity index (χ1n) is 13.1. The van der Waals surface area contributed by atoms with Crippen molar-refractivity contribution in [3.8, 4) is 0 Å². The lowest BCUT2D eigenvalue weighted by Gasteiger charge is -2.68. The second-order valence-electron chi connectivity index (χ2n) is 12.2. The van der Waals surface area contributed by atoms with E-state index in [0.717, 1.165) is 57.9 Å². The van der Waals surface area contributed by atoms with Gasteiger partial charge in [0.05, 0.1) is 11.7 Å². The summed E-state index contributed by atoms with van der Waals surface area (Å²) in [6.07, 6.45) is 6.36. The molecule has 5 rings (SSSR count). The van der Waals surface area contributed by atoms with Gasteiger partial charge in [-0.1, -0.05) is 13.8 Å². The van der Waals surface area contributed by atoms with E-state index in [1.54, 1.807) is 0 Å². The summed E-state index contributed by atoms with van der Waals surface area (Å²) in [7, 11) is 0. The smallest absolute Gasteiger partial charge is 0.252 e. The van der Waals surface area contributed by atoms with E-state index >= 15 is 0 Å². The topological polar surface area (TPSA) is 90.2 Å². The molecule has 3 N–H and O–H groups in total. The predicted molar refractivity (Wildman–Crippen MR) is 121 cm³/mol. The van der Waals surface area contributed by atoms with Crippen LogP contribution in [0.25, 0.3) is 0 Å². The van der Waals surface area contributed by atoms with E-state index in [0.29, 0.717) is 43.1 Å². The monoisotopic (exact) mass is 449 g/mol. The van der Waals surface area contributed by atoms with E-state index in [4.69, 9.17) is 4.74 Å². The molecular weight excluding hydrogens is 406 g/mol. The number of amides is 1. The van der Waals surface area contributed by atoms with Crippen LogP contribution < -0.4 is 0 Å². The molecule has 0 aromatic carbocycles. The lowest BCUT2D eigenvalue weighted by molar-refractivity contribution is -0.272. The molecule has 5 aliphatic rings. The molecule has 0 spiro atoms. The van der Waals surface area contributed by atoms with Gasteiger partial charge >= 0.3 is 0 Å². The molecule has 2 heterocycles. The lowest BCUT2D eigenvalue weighted by atomic mass is 9.42. The average molecular weight is 450 g/mol. The number of hydrogen-bond donors (Lipinski definition) is 3. The van der Waals surface area contributed by atoms with Crippen molar-refractivity contribution in [1.82, 2.24) is 4.90 Å². The van der Waals surface area contributed by atoms with E-state index in [1.165, 1.54) is 0 Å². The first kappa shape index (κ1) is 23.1. The number of rotatable bonds is 1. The van der Waals surface area contributed by atoms with E-state index in [9.17, 15) is 20.1 Å². The van der Waals surface area contributed by atoms with Gasteiger partial charge in [0.2, 0.25) is 0 Å². The molecule has 0 bridgehead atoms. The van der Waals surface area contributed by atoms with Gasteiger partial charge in [-0.15, -0.1) is 0 Å². The molecule has 0 aromatic rings. The van der Waals surface area contributed by atoms with Crippen molar-refractivity contribution in [2.24, 2.45) is 29.1 Å². The standard InChI is InChI=1S/C26H43NO5/c1-16-10-14-27(23(30)20-6-4-5-15-32-20)25(3)12-8-18-17(21(16)25)7-13-26(31)22(29)19(28)9-11-24(18,26)2/h16-22,28-29,31H,4-15H2,1-3H3/t16-,17-,18?,19+,20-,21?,22?,24-,25+,26-/m1/s1. The van der Waals surface area contributed by atoms with Crippen LogP contribution in [0.15, 0.2) is 0 Å². The molecular formula is C26H43NO5. The Morgan fingerprint density at radius 2 is 1.78 bits per heavy atom. The SMILES string of the molecule is C[C@@H]1CCN(C(=O)[C@H]2CCCCO2)[C@@]2(C)CCC3[C@@H](CC[C@@]4(O)C(O)[C@@H](O)CC[C@]34C)C12. The zero-order chi connectivity index (χ0) is 22.9. The molecule has 2 saturated heterocycles. The number of carbonyl (C=O) groups excluding carboxylic acids is 1. The van der Waals surface area contributed by atoms with Crippen LogP contribution in [0.2, 0.25) is 0 Å². The van der Waals surface area contributed by atoms with Gasteiger partial charge in [0.1, 0.15) is 12.2 Å². The van der Waals surface area contributed by atoms with Crippen LogP contribution in [-0.4, -0.2) is 68.7 Å². The minimum atomic E-state index is -1.22. The molecule has 0 aromatic heterocycles. The van der Waals surface area contributed by atoms with Crippen LogP contribution in [0.5, 0.6) is 0 Å². The van der Waals surface area contributed by atoms with Gasteiger partial charge in [-0.05, 0) is 94.8 Å². The molecule has 182 valence electrons. The lowest BCUT2D eigenvalue weighted by Crippen LogP contribution is -2.72. The highest BCUT2D eigenvalue weighted by molar-refractivity contribution is 5.82. The molecule has 2 aliphatic heterocycles. The van der Waals surface area contributed by atoms with Crippen LogP contribution >= 0.6 is 0 Å². The summed E-state index contributed by atoms with van der Waals surface area (Å²) in [6, 6.07) is 0. The van der Waals surface area contributed by atoms with Crippen molar-refractivity contribution in [3.05, 3.63) is 0 Å². The largest absolute Gasteiger partial charge is 0.390 e. The molecule has 10 atom stereocenters. The van der Waals surface area contributed by atoms with Crippen LogP contribution in [0.4, 0.5) is 0 Å². The summed E-state index contributed by atoms with van der Waals surface area (Å²) in [5.74, 6) is 1.85. The predicted octanol–water partition coefficient (Wildman–Crippen LogP) is 2.87. The normalized spacial score (nSPS) is 53.7. The number of nitrogens with zero attached hydrogens (tertiary/aromatic N) is 1. The van der Waals surface area contributed by atoms with Gasteiger partial charge in [0.15, 0.2) is 0 Å². The first-order chi connectivity index (χ1) is 15.1. The highest BCUT2D eigenvalue weighted by atomic mass is 16.5. The Labute approximate surface area is 192 Å². The van der Waals surface area contributed by atoms with Crippen molar-refractivity contribution in [1.29, 1.82) is 0 Å². The Morgan fingerprint density at radius 3 is 2.50 bits per heavy atom. The first-order valence-corrected chi connectivity index (χ1v) is 13.1. The van der Waals surface area contributed by atoms with Crippen molar-refractivity contribution in [2.75, 3.05) is 13.2 Å². The fourth-order valence-electron chi connectivity index (χ4n) is 9.11. The number of hydrogen-bond acceptors (Lipinski definition) is 5. The van der Waals surface area contributed by atoms with E-state index in [2.05, 4.69) is 25.7 Å². The van der Waals surface area contributed by atoms with Crippen molar-refractivity contribution < 1.29 is 24.9 Å². The minimum absolute atomic E-state index is 0.171. The molecule has 3 saturated carbocycles. The quantitative estimate of drug-likeness (QED) is 0.573. The second-order valence-corrected chi connectivity index (χ2v) is 12.2. The molecule has 3 unspecified atom stereocenters. The molecule has 6 heteroatoms. The van der Waals surface area contributed by atoms with Crippen LogP contribution in [0.3, 0.4) is 0 Å². The van der Waals surface area contributed by atoms with Crippen molar-refractivity contribution >= 4 is 5.91 Å². The van der Waals surface area contributed by atoms with Crippen molar-refractivity contribution in [2.45, 2.75) is 114 Å². The third kappa shape index (κ3) is 3.08. The molecule has 6 nitrogen and oxygen atoms in total. The number of aliphatic hydroxyl groups is 3. The Bertz CT molecular complexity index is 740. The van der Waals surface area contributed by atoms with E-state index in [1.807, 2.05) is 0 Å². The third-order valence-corrected chi connectivity index (χ3v) is 10.9. The zero-order valence-electron chi connectivity index (χ0n) is 20.1. The average Bonchev–Trinajstić information content (AvgIpc) is 2.78. The van der Waals surface area contributed by atoms with Gasteiger partial charge < -0.3 is 25.0 Å². The molecule has 32 heavy (non-hydrogen) atoms. The molecule has 3 aliphatic carbocycles. The van der Waals surface area contributed by atoms with Gasteiger partial charge in [0, 0.05) is 24.1 Å². The van der Waals surface area contributed by atoms with Crippen molar-refractivity contribution in [3.63, 3.8) is 0 Å². The Kier molecular flexibility index (Phi) is 5.72. The molecule has 5 fully saturated rings. The molecule has 1 amide bonds. The van der Waals surface area contributed by atoms with E-state index < -0.39 is 23.2 Å². The highest BCUT2D eigenvalue weighted by Crippen LogP contribution is 2.65. The maximum Gasteiger partial charge on any atom is 0.252 e. The summed E-state index contributed by atoms with van der Waals surface area (Å²) in [5, 5.41) is 32.8. The fourth-order valence-corrected chi connectivity index (χ4v) is 9.11. The number of fused-ring (bicyclic) bond motifs is 5. The third-order valence-electron chi connectivity index (χ3n) is 10.9. The van der Waals surface area contributed by atoms with Crippen LogP contribution in [-0.2, 0) is 9.53 Å². The van der Waals surface area contributed by atoms with Gasteiger partial charge in [-0.2, -0.15) is 0 Å². The maximum atomic E-state index is 13.6. The fraction of sp³-hybridized carbons (Fsp3) is 0.962. The summed E-state index contributed by atoms with van der Waals surface area (Å²) in [5.41, 5.74) is -1.79. The summed E-state index contributed by atoms with van der Waals surface area (Å²) >= 11 is 0. The van der Waals surface area contributed by atoms with Gasteiger partial charge in [-0.3, -0.25) is 4.79 Å². The minimum Gasteiger partial charge on any atom is -0.390 e. The van der Waals surface area contributed by atoms with Gasteiger partial charge in [0.25, 0.3) is 5.91 Å². The van der Waals surface area contributed by atoms with Crippen LogP contribution in [0.1, 0.15) is 85.0 Å². The number of piperidine rings is 1. The Hall–Kier alpha value is -0.690. The number of ether oxygens (including phenoxy) is 1. The molecule has 0 radical (unpaired) electrons. The summed E-state index contributed by atoms with van der Waals surface area (Å²) in [6.45, 7) is 8.33. The Balaban J connectivity index is 1.45. The Morgan fingerprint density at radius 1 is 1.00 bits per heavy atom. The van der Waals surface area contributed by atoms with Crippen LogP contribution in [0, 0.1) is 29.1 Å². The zero-order valence-corrected chi connectivity index (χ0v) is 20.1. The highest BCUT2D eigenvalue weighted by Gasteiger charge is 2.67. The summed E-state index contributed by atoms with van der Waals surface area (Å²) in [4.78, 5) is 15.8. The maximum absolute atomic E-state index is 13.6. The summed E-state index contributed by atoms with van der Waals surface area (Å²) < 4.78 is 5.90. The number of aliphatic hydroxyl groups excluding tert-OH is 2.